The highest BCUT2D eigenvalue weighted by Crippen LogP contribution is 2.28. The molecule has 0 saturated carbocycles. The van der Waals surface area contributed by atoms with E-state index in [4.69, 9.17) is 4.74 Å². The molecular formula is C25H26N4O3S. The third kappa shape index (κ3) is 4.19. The van der Waals surface area contributed by atoms with E-state index in [1.807, 2.05) is 48.7 Å². The summed E-state index contributed by atoms with van der Waals surface area (Å²) >= 11 is 0. The molecule has 1 fully saturated rings. The van der Waals surface area contributed by atoms with Gasteiger partial charge in [-0.1, -0.05) is 24.3 Å². The zero-order chi connectivity index (χ0) is 22.8. The van der Waals surface area contributed by atoms with Gasteiger partial charge >= 0.3 is 0 Å². The van der Waals surface area contributed by atoms with Crippen LogP contribution in [0.2, 0.25) is 0 Å². The Bertz CT molecular complexity index is 1340. The number of ether oxygens (including phenoxy) is 1. The Morgan fingerprint density at radius 2 is 1.64 bits per heavy atom. The van der Waals surface area contributed by atoms with Crippen LogP contribution >= 0.6 is 0 Å². The van der Waals surface area contributed by atoms with Crippen molar-refractivity contribution in [1.29, 1.82) is 0 Å². The standard InChI is InChI=1S/C25H26N4O3S/c1-32-21-9-11-22(12-10-21)33(30,31)29-19-20(23-6-2-3-7-24(23)29)18-27-14-16-28(17-15-27)25-8-4-5-13-26-25/h2-13,19H,14-18H2,1H3. The molecular weight excluding hydrogens is 436 g/mol. The number of aromatic nitrogens is 2. The number of rotatable bonds is 6. The summed E-state index contributed by atoms with van der Waals surface area (Å²) in [6.07, 6.45) is 3.59. The average molecular weight is 463 g/mol. The van der Waals surface area contributed by atoms with Crippen molar-refractivity contribution in [3.05, 3.63) is 84.7 Å². The molecule has 33 heavy (non-hydrogen) atoms. The van der Waals surface area contributed by atoms with Crippen LogP contribution in [0.1, 0.15) is 5.56 Å². The number of piperazine rings is 1. The first-order chi connectivity index (χ1) is 16.1. The summed E-state index contributed by atoms with van der Waals surface area (Å²) in [7, 11) is -2.17. The zero-order valence-corrected chi connectivity index (χ0v) is 19.3. The first-order valence-electron chi connectivity index (χ1n) is 10.9. The van der Waals surface area contributed by atoms with Gasteiger partial charge in [-0.2, -0.15) is 0 Å². The SMILES string of the molecule is COc1ccc(S(=O)(=O)n2cc(CN3CCN(c4ccccn4)CC3)c3ccccc32)cc1. The van der Waals surface area contributed by atoms with E-state index in [0.717, 1.165) is 42.9 Å². The number of nitrogens with zero attached hydrogens (tertiary/aromatic N) is 4. The lowest BCUT2D eigenvalue weighted by atomic mass is 10.1. The molecule has 0 bridgehead atoms. The minimum absolute atomic E-state index is 0.236. The molecule has 5 rings (SSSR count). The molecule has 2 aromatic carbocycles. The number of para-hydroxylation sites is 1. The molecule has 0 spiro atoms. The molecule has 0 N–H and O–H groups in total. The number of hydrogen-bond donors (Lipinski definition) is 0. The summed E-state index contributed by atoms with van der Waals surface area (Å²) in [5, 5.41) is 0.960. The predicted octanol–water partition coefficient (Wildman–Crippen LogP) is 3.60. The van der Waals surface area contributed by atoms with Crippen LogP contribution in [0.15, 0.2) is 84.0 Å². The lowest BCUT2D eigenvalue weighted by Gasteiger charge is -2.35. The summed E-state index contributed by atoms with van der Waals surface area (Å²) in [6, 6.07) is 20.1. The largest absolute Gasteiger partial charge is 0.497 e. The van der Waals surface area contributed by atoms with Crippen molar-refractivity contribution >= 4 is 26.7 Å². The second-order valence-corrected chi connectivity index (χ2v) is 9.91. The summed E-state index contributed by atoms with van der Waals surface area (Å²) in [5.74, 6) is 1.62. The summed E-state index contributed by atoms with van der Waals surface area (Å²) in [4.78, 5) is 9.34. The Hall–Kier alpha value is -3.36. The molecule has 3 heterocycles. The van der Waals surface area contributed by atoms with Gasteiger partial charge in [0.1, 0.15) is 11.6 Å². The first-order valence-corrected chi connectivity index (χ1v) is 12.4. The van der Waals surface area contributed by atoms with Gasteiger partial charge in [-0.05, 0) is 48.0 Å². The van der Waals surface area contributed by atoms with E-state index in [2.05, 4.69) is 14.8 Å². The van der Waals surface area contributed by atoms with Crippen LogP contribution in [0.25, 0.3) is 10.9 Å². The fourth-order valence-corrected chi connectivity index (χ4v) is 5.71. The number of hydrogen-bond acceptors (Lipinski definition) is 6. The highest BCUT2D eigenvalue weighted by atomic mass is 32.2. The van der Waals surface area contributed by atoms with Gasteiger partial charge in [0, 0.05) is 50.5 Å². The molecule has 8 heteroatoms. The Kier molecular flexibility index (Phi) is 5.78. The molecule has 0 amide bonds. The molecule has 0 aliphatic carbocycles. The lowest BCUT2D eigenvalue weighted by Crippen LogP contribution is -2.46. The number of pyridine rings is 1. The van der Waals surface area contributed by atoms with Gasteiger partial charge in [-0.3, -0.25) is 4.90 Å². The van der Waals surface area contributed by atoms with Crippen LogP contribution in [0, 0.1) is 0 Å². The predicted molar refractivity (Wildman–Crippen MR) is 129 cm³/mol. The molecule has 0 atom stereocenters. The molecule has 2 aromatic heterocycles. The van der Waals surface area contributed by atoms with E-state index in [1.54, 1.807) is 37.6 Å². The quantitative estimate of drug-likeness (QED) is 0.436. The lowest BCUT2D eigenvalue weighted by molar-refractivity contribution is 0.250. The van der Waals surface area contributed by atoms with E-state index in [0.29, 0.717) is 17.8 Å². The molecule has 0 radical (unpaired) electrons. The highest BCUT2D eigenvalue weighted by molar-refractivity contribution is 7.90. The molecule has 4 aromatic rings. The van der Waals surface area contributed by atoms with Crippen molar-refractivity contribution in [2.75, 3.05) is 38.2 Å². The van der Waals surface area contributed by atoms with Crippen LogP contribution in [-0.4, -0.2) is 55.6 Å². The second-order valence-electron chi connectivity index (χ2n) is 8.10. The third-order valence-corrected chi connectivity index (χ3v) is 7.80. The summed E-state index contributed by atoms with van der Waals surface area (Å²) in [5.41, 5.74) is 1.70. The first kappa shape index (κ1) is 21.5. The molecule has 7 nitrogen and oxygen atoms in total. The van der Waals surface area contributed by atoms with Crippen LogP contribution in [0.3, 0.4) is 0 Å². The van der Waals surface area contributed by atoms with Gasteiger partial charge in [-0.25, -0.2) is 17.4 Å². The van der Waals surface area contributed by atoms with Gasteiger partial charge in [0.15, 0.2) is 0 Å². The maximum absolute atomic E-state index is 13.4. The van der Waals surface area contributed by atoms with Crippen molar-refractivity contribution in [2.45, 2.75) is 11.4 Å². The van der Waals surface area contributed by atoms with Gasteiger partial charge in [0.25, 0.3) is 10.0 Å². The Labute approximate surface area is 193 Å². The van der Waals surface area contributed by atoms with Gasteiger partial charge < -0.3 is 9.64 Å². The van der Waals surface area contributed by atoms with Crippen LogP contribution in [-0.2, 0) is 16.6 Å². The fraction of sp³-hybridized carbons (Fsp3) is 0.240. The number of methoxy groups -OCH3 is 1. The normalized spacial score (nSPS) is 15.1. The van der Waals surface area contributed by atoms with Crippen LogP contribution in [0.5, 0.6) is 5.75 Å². The number of fused-ring (bicyclic) bond motifs is 1. The van der Waals surface area contributed by atoms with E-state index < -0.39 is 10.0 Å². The summed E-state index contributed by atoms with van der Waals surface area (Å²) < 4.78 is 33.5. The average Bonchev–Trinajstić information content (AvgIpc) is 3.24. The van der Waals surface area contributed by atoms with E-state index >= 15 is 0 Å². The smallest absolute Gasteiger partial charge is 0.268 e. The molecule has 170 valence electrons. The molecule has 1 aliphatic heterocycles. The molecule has 1 saturated heterocycles. The van der Waals surface area contributed by atoms with Crippen molar-refractivity contribution < 1.29 is 13.2 Å². The zero-order valence-electron chi connectivity index (χ0n) is 18.5. The minimum atomic E-state index is -3.73. The van der Waals surface area contributed by atoms with Gasteiger partial charge in [0.2, 0.25) is 0 Å². The van der Waals surface area contributed by atoms with Crippen molar-refractivity contribution in [3.63, 3.8) is 0 Å². The van der Waals surface area contributed by atoms with E-state index in [9.17, 15) is 8.42 Å². The highest BCUT2D eigenvalue weighted by Gasteiger charge is 2.23. The Morgan fingerprint density at radius 3 is 2.33 bits per heavy atom. The fourth-order valence-electron chi connectivity index (χ4n) is 4.32. The van der Waals surface area contributed by atoms with Crippen molar-refractivity contribution in [1.82, 2.24) is 13.9 Å². The third-order valence-electron chi connectivity index (χ3n) is 6.12. The number of anilines is 1. The van der Waals surface area contributed by atoms with E-state index in [1.165, 1.54) is 3.97 Å². The monoisotopic (exact) mass is 462 g/mol. The van der Waals surface area contributed by atoms with Crippen molar-refractivity contribution in [3.8, 4) is 5.75 Å². The maximum Gasteiger partial charge on any atom is 0.268 e. The Morgan fingerprint density at radius 1 is 0.909 bits per heavy atom. The van der Waals surface area contributed by atoms with Gasteiger partial charge in [0.05, 0.1) is 17.5 Å². The van der Waals surface area contributed by atoms with Crippen LogP contribution < -0.4 is 9.64 Å². The summed E-state index contributed by atoms with van der Waals surface area (Å²) in [6.45, 7) is 4.25. The molecule has 1 aliphatic rings. The molecule has 0 unspecified atom stereocenters. The topological polar surface area (TPSA) is 67.7 Å². The van der Waals surface area contributed by atoms with Gasteiger partial charge in [-0.15, -0.1) is 0 Å². The van der Waals surface area contributed by atoms with E-state index in [-0.39, 0.29) is 4.90 Å². The minimum Gasteiger partial charge on any atom is -0.497 e. The maximum atomic E-state index is 13.4. The van der Waals surface area contributed by atoms with Crippen LogP contribution in [0.4, 0.5) is 5.82 Å². The Balaban J connectivity index is 1.40. The number of benzene rings is 2. The second kappa shape index (κ2) is 8.88. The van der Waals surface area contributed by atoms with Crippen molar-refractivity contribution in [2.24, 2.45) is 0 Å².